The smallest absolute Gasteiger partial charge is 0.326 e. The van der Waals surface area contributed by atoms with Crippen molar-refractivity contribution in [3.05, 3.63) is 33.8 Å². The first-order valence-corrected chi connectivity index (χ1v) is 6.79. The number of nitrogens with one attached hydrogen (secondary N) is 1. The molecule has 1 unspecified atom stereocenters. The molecule has 21 heavy (non-hydrogen) atoms. The highest BCUT2D eigenvalue weighted by atomic mass is 35.5. The van der Waals surface area contributed by atoms with Crippen LogP contribution in [0.4, 0.5) is 0 Å². The van der Waals surface area contributed by atoms with E-state index in [9.17, 15) is 14.4 Å². The van der Waals surface area contributed by atoms with Gasteiger partial charge in [-0.1, -0.05) is 29.3 Å². The fraction of sp³-hybridized carbons (Fsp3) is 0.308. The van der Waals surface area contributed by atoms with Gasteiger partial charge in [-0.05, 0) is 24.1 Å². The fourth-order valence-electron chi connectivity index (χ4n) is 1.63. The van der Waals surface area contributed by atoms with Crippen molar-refractivity contribution in [1.29, 1.82) is 0 Å². The van der Waals surface area contributed by atoms with E-state index in [2.05, 4.69) is 5.32 Å². The Bertz CT molecular complexity index is 563. The molecule has 0 heterocycles. The zero-order chi connectivity index (χ0) is 16.0. The molecule has 0 aliphatic carbocycles. The number of amides is 2. The predicted molar refractivity (Wildman–Crippen MR) is 78.2 cm³/mol. The fourth-order valence-corrected chi connectivity index (χ4v) is 2.10. The van der Waals surface area contributed by atoms with E-state index in [0.29, 0.717) is 15.6 Å². The van der Waals surface area contributed by atoms with Crippen LogP contribution in [0.15, 0.2) is 18.2 Å². The number of hydrogen-bond acceptors (Lipinski definition) is 3. The summed E-state index contributed by atoms with van der Waals surface area (Å²) < 4.78 is 0. The normalized spacial score (nSPS) is 11.7. The van der Waals surface area contributed by atoms with Gasteiger partial charge in [-0.15, -0.1) is 0 Å². The second kappa shape index (κ2) is 7.85. The molecule has 0 aromatic heterocycles. The maximum Gasteiger partial charge on any atom is 0.326 e. The summed E-state index contributed by atoms with van der Waals surface area (Å²) in [5.41, 5.74) is 5.48. The molecule has 4 N–H and O–H groups in total. The molecule has 0 radical (unpaired) electrons. The summed E-state index contributed by atoms with van der Waals surface area (Å²) in [5.74, 6) is -2.38. The van der Waals surface area contributed by atoms with E-state index in [1.54, 1.807) is 12.1 Å². The highest BCUT2D eigenvalue weighted by Gasteiger charge is 2.20. The zero-order valence-corrected chi connectivity index (χ0v) is 12.4. The lowest BCUT2D eigenvalue weighted by molar-refractivity contribution is -0.142. The number of hydrogen-bond donors (Lipinski definition) is 3. The summed E-state index contributed by atoms with van der Waals surface area (Å²) in [6.07, 6.45) is -0.278. The second-order valence-corrected chi connectivity index (χ2v) is 5.22. The summed E-state index contributed by atoms with van der Waals surface area (Å²) in [5, 5.41) is 12.1. The van der Waals surface area contributed by atoms with Gasteiger partial charge in [-0.25, -0.2) is 4.79 Å². The Labute approximate surface area is 131 Å². The monoisotopic (exact) mass is 332 g/mol. The number of carbonyl (C=O) groups excluding carboxylic acids is 2. The van der Waals surface area contributed by atoms with Crippen molar-refractivity contribution in [3.8, 4) is 0 Å². The van der Waals surface area contributed by atoms with E-state index >= 15 is 0 Å². The van der Waals surface area contributed by atoms with Gasteiger partial charge in [0.1, 0.15) is 6.04 Å². The van der Waals surface area contributed by atoms with E-state index in [-0.39, 0.29) is 19.3 Å². The Morgan fingerprint density at radius 1 is 1.29 bits per heavy atom. The summed E-state index contributed by atoms with van der Waals surface area (Å²) in [6, 6.07) is 3.49. The Balaban J connectivity index is 2.65. The van der Waals surface area contributed by atoms with Crippen LogP contribution in [0.5, 0.6) is 0 Å². The molecule has 1 atom stereocenters. The highest BCUT2D eigenvalue weighted by molar-refractivity contribution is 6.35. The molecule has 1 rings (SSSR count). The van der Waals surface area contributed by atoms with Gasteiger partial charge >= 0.3 is 5.97 Å². The van der Waals surface area contributed by atoms with Gasteiger partial charge in [-0.2, -0.15) is 0 Å². The number of benzene rings is 1. The van der Waals surface area contributed by atoms with Crippen LogP contribution in [0, 0.1) is 0 Å². The van der Waals surface area contributed by atoms with E-state index in [0.717, 1.165) is 0 Å². The van der Waals surface area contributed by atoms with Gasteiger partial charge in [-0.3, -0.25) is 9.59 Å². The van der Waals surface area contributed by atoms with E-state index < -0.39 is 23.8 Å². The van der Waals surface area contributed by atoms with Crippen LogP contribution in [0.25, 0.3) is 0 Å². The molecule has 0 bridgehead atoms. The number of carboxylic acid groups (broad SMARTS) is 1. The number of carbonyl (C=O) groups is 3. The Morgan fingerprint density at radius 3 is 2.48 bits per heavy atom. The molecule has 114 valence electrons. The molecule has 8 heteroatoms. The van der Waals surface area contributed by atoms with Gasteiger partial charge in [0.15, 0.2) is 0 Å². The lowest BCUT2D eigenvalue weighted by Gasteiger charge is -2.14. The summed E-state index contributed by atoms with van der Waals surface area (Å²) in [7, 11) is 0. The molecule has 1 aromatic rings. The number of rotatable bonds is 7. The van der Waals surface area contributed by atoms with Crippen molar-refractivity contribution < 1.29 is 19.5 Å². The second-order valence-electron chi connectivity index (χ2n) is 4.38. The van der Waals surface area contributed by atoms with E-state index in [1.807, 2.05) is 0 Å². The Hall–Kier alpha value is -1.79. The molecule has 6 nitrogen and oxygen atoms in total. The average molecular weight is 333 g/mol. The molecule has 1 aromatic carbocycles. The van der Waals surface area contributed by atoms with Crippen molar-refractivity contribution in [2.24, 2.45) is 5.73 Å². The van der Waals surface area contributed by atoms with E-state index in [4.69, 9.17) is 34.0 Å². The van der Waals surface area contributed by atoms with Crippen LogP contribution in [0.2, 0.25) is 10.0 Å². The van der Waals surface area contributed by atoms with Crippen molar-refractivity contribution in [2.45, 2.75) is 25.3 Å². The van der Waals surface area contributed by atoms with Gasteiger partial charge in [0, 0.05) is 16.5 Å². The summed E-state index contributed by atoms with van der Waals surface area (Å²) in [6.45, 7) is 0. The summed E-state index contributed by atoms with van der Waals surface area (Å²) in [4.78, 5) is 33.5. The predicted octanol–water partition coefficient (Wildman–Crippen LogP) is 1.37. The van der Waals surface area contributed by atoms with Gasteiger partial charge in [0.05, 0.1) is 6.42 Å². The molecular formula is C13H14Cl2N2O4. The standard InChI is InChI=1S/C13H14Cl2N2O4/c14-8-2-1-7(9(15)6-8)5-12(19)17-10(13(20)21)3-4-11(16)18/h1-2,6,10H,3-5H2,(H2,16,18)(H,17,19)(H,20,21). The van der Waals surface area contributed by atoms with Crippen LogP contribution >= 0.6 is 23.2 Å². The average Bonchev–Trinajstić information content (AvgIpc) is 2.37. The third kappa shape index (κ3) is 6.01. The minimum atomic E-state index is -1.23. The SMILES string of the molecule is NC(=O)CCC(NC(=O)Cc1ccc(Cl)cc1Cl)C(=O)O. The Morgan fingerprint density at radius 2 is 1.95 bits per heavy atom. The minimum absolute atomic E-state index is 0.0647. The Kier molecular flexibility index (Phi) is 6.45. The van der Waals surface area contributed by atoms with Gasteiger partial charge < -0.3 is 16.2 Å². The van der Waals surface area contributed by atoms with Crippen molar-refractivity contribution in [1.82, 2.24) is 5.32 Å². The van der Waals surface area contributed by atoms with Gasteiger partial charge in [0.25, 0.3) is 0 Å². The third-order valence-electron chi connectivity index (χ3n) is 2.68. The first kappa shape index (κ1) is 17.3. The van der Waals surface area contributed by atoms with Crippen LogP contribution < -0.4 is 11.1 Å². The number of aliphatic carboxylic acids is 1. The van der Waals surface area contributed by atoms with Crippen molar-refractivity contribution in [2.75, 3.05) is 0 Å². The number of halogens is 2. The third-order valence-corrected chi connectivity index (χ3v) is 3.27. The zero-order valence-electron chi connectivity index (χ0n) is 10.9. The first-order chi connectivity index (χ1) is 9.79. The lowest BCUT2D eigenvalue weighted by Crippen LogP contribution is -2.42. The molecule has 0 fully saturated rings. The first-order valence-electron chi connectivity index (χ1n) is 6.04. The quantitative estimate of drug-likeness (QED) is 0.700. The molecule has 0 saturated heterocycles. The molecule has 0 aliphatic rings. The van der Waals surface area contributed by atoms with Crippen LogP contribution in [-0.4, -0.2) is 28.9 Å². The largest absolute Gasteiger partial charge is 0.480 e. The topological polar surface area (TPSA) is 109 Å². The van der Waals surface area contributed by atoms with Crippen LogP contribution in [0.1, 0.15) is 18.4 Å². The maximum absolute atomic E-state index is 11.8. The van der Waals surface area contributed by atoms with Crippen molar-refractivity contribution >= 4 is 41.0 Å². The summed E-state index contributed by atoms with van der Waals surface area (Å²) >= 11 is 11.7. The lowest BCUT2D eigenvalue weighted by atomic mass is 10.1. The van der Waals surface area contributed by atoms with Crippen LogP contribution in [0.3, 0.4) is 0 Å². The van der Waals surface area contributed by atoms with Gasteiger partial charge in [0.2, 0.25) is 11.8 Å². The molecule has 0 spiro atoms. The molecule has 0 saturated carbocycles. The molecule has 0 aliphatic heterocycles. The highest BCUT2D eigenvalue weighted by Crippen LogP contribution is 2.21. The van der Waals surface area contributed by atoms with Crippen molar-refractivity contribution in [3.63, 3.8) is 0 Å². The minimum Gasteiger partial charge on any atom is -0.480 e. The van der Waals surface area contributed by atoms with E-state index in [1.165, 1.54) is 6.07 Å². The number of nitrogens with two attached hydrogens (primary N) is 1. The molecule has 2 amide bonds. The number of primary amides is 1. The van der Waals surface area contributed by atoms with Crippen LogP contribution in [-0.2, 0) is 20.8 Å². The molecular weight excluding hydrogens is 319 g/mol. The maximum atomic E-state index is 11.8. The number of carboxylic acids is 1.